The molecule has 1 atom stereocenters. The van der Waals surface area contributed by atoms with Gasteiger partial charge >= 0.3 is 0 Å². The first-order valence-corrected chi connectivity index (χ1v) is 15.5. The first kappa shape index (κ1) is 29.6. The number of sulfonamides is 1. The Bertz CT molecular complexity index is 1140. The van der Waals surface area contributed by atoms with E-state index in [1.165, 1.54) is 9.87 Å². The lowest BCUT2D eigenvalue weighted by Crippen LogP contribution is -2.41. The molecule has 2 fully saturated rings. The largest absolute Gasteiger partial charge is 0.368 e. The van der Waals surface area contributed by atoms with Gasteiger partial charge in [-0.15, -0.1) is 0 Å². The number of nitrogens with zero attached hydrogens (tertiary/aromatic N) is 2. The Kier molecular flexibility index (Phi) is 10.5. The van der Waals surface area contributed by atoms with Crippen LogP contribution in [0.2, 0.25) is 0 Å². The number of carbonyl (C=O) groups excluding carboxylic acids is 1. The highest BCUT2D eigenvalue weighted by atomic mass is 32.2. The zero-order chi connectivity index (χ0) is 27.8. The third kappa shape index (κ3) is 8.10. The number of hydrogen-bond acceptors (Lipinski definition) is 5. The molecule has 1 N–H and O–H groups in total. The maximum Gasteiger partial charge on any atom is 0.246 e. The van der Waals surface area contributed by atoms with E-state index in [9.17, 15) is 17.6 Å². The maximum absolute atomic E-state index is 13.4. The average molecular weight is 560 g/mol. The van der Waals surface area contributed by atoms with Gasteiger partial charge in [0.05, 0.1) is 11.0 Å². The van der Waals surface area contributed by atoms with Crippen molar-refractivity contribution >= 4 is 15.9 Å². The SMILES string of the molecule is CN(C)C(c1ccc(F)cc1)C1CCC(CCNC(=O)COC2CCN(S(=O)(=O)c3ccccc3)CC2)CC1. The minimum Gasteiger partial charge on any atom is -0.368 e. The molecule has 1 heterocycles. The number of piperidine rings is 1. The minimum absolute atomic E-state index is 0.00499. The number of hydrogen-bond donors (Lipinski definition) is 1. The Balaban J connectivity index is 1.11. The molecule has 1 aliphatic carbocycles. The van der Waals surface area contributed by atoms with Gasteiger partial charge in [0.15, 0.2) is 0 Å². The van der Waals surface area contributed by atoms with Crippen LogP contribution in [0.3, 0.4) is 0 Å². The van der Waals surface area contributed by atoms with Crippen LogP contribution in [0.25, 0.3) is 0 Å². The predicted octanol–water partition coefficient (Wildman–Crippen LogP) is 4.61. The van der Waals surface area contributed by atoms with E-state index in [0.29, 0.717) is 49.2 Å². The molecule has 2 aliphatic rings. The van der Waals surface area contributed by atoms with Crippen LogP contribution in [0.4, 0.5) is 4.39 Å². The van der Waals surface area contributed by atoms with E-state index in [4.69, 9.17) is 4.74 Å². The molecule has 214 valence electrons. The quantitative estimate of drug-likeness (QED) is 0.435. The summed E-state index contributed by atoms with van der Waals surface area (Å²) in [4.78, 5) is 14.9. The van der Waals surface area contributed by atoms with Gasteiger partial charge in [-0.2, -0.15) is 4.31 Å². The average Bonchev–Trinajstić information content (AvgIpc) is 2.94. The van der Waals surface area contributed by atoms with E-state index in [1.807, 2.05) is 12.1 Å². The monoisotopic (exact) mass is 559 g/mol. The van der Waals surface area contributed by atoms with Gasteiger partial charge < -0.3 is 15.0 Å². The van der Waals surface area contributed by atoms with Gasteiger partial charge in [0.2, 0.25) is 15.9 Å². The Labute approximate surface area is 232 Å². The normalized spacial score (nSPS) is 22.1. The maximum atomic E-state index is 13.4. The van der Waals surface area contributed by atoms with Crippen LogP contribution in [0.1, 0.15) is 56.6 Å². The molecular weight excluding hydrogens is 517 g/mol. The Morgan fingerprint density at radius 3 is 2.26 bits per heavy atom. The molecule has 0 aromatic heterocycles. The summed E-state index contributed by atoms with van der Waals surface area (Å²) in [5, 5.41) is 2.99. The lowest BCUT2D eigenvalue weighted by molar-refractivity contribution is -0.128. The summed E-state index contributed by atoms with van der Waals surface area (Å²) in [6.07, 6.45) is 6.51. The molecular formula is C30H42FN3O4S. The molecule has 2 aromatic carbocycles. The zero-order valence-corrected chi connectivity index (χ0v) is 23.9. The Morgan fingerprint density at radius 1 is 1.00 bits per heavy atom. The van der Waals surface area contributed by atoms with E-state index in [-0.39, 0.29) is 30.5 Å². The molecule has 1 saturated carbocycles. The lowest BCUT2D eigenvalue weighted by Gasteiger charge is -2.37. The minimum atomic E-state index is -3.49. The lowest BCUT2D eigenvalue weighted by atomic mass is 9.75. The van der Waals surface area contributed by atoms with Gasteiger partial charge in [0.25, 0.3) is 0 Å². The standard InChI is InChI=1S/C30H42FN3O4S/c1-33(2)30(25-12-14-26(31)15-13-25)24-10-8-23(9-11-24)16-19-32-29(35)22-38-27-17-20-34(21-18-27)39(36,37)28-6-4-3-5-7-28/h3-7,12-15,23-24,27,30H,8-11,16-22H2,1-2H3,(H,32,35). The summed E-state index contributed by atoms with van der Waals surface area (Å²) in [5.74, 6) is 0.812. The van der Waals surface area contributed by atoms with E-state index in [1.54, 1.807) is 42.5 Å². The van der Waals surface area contributed by atoms with E-state index in [0.717, 1.165) is 32.1 Å². The number of benzene rings is 2. The molecule has 39 heavy (non-hydrogen) atoms. The molecule has 0 radical (unpaired) electrons. The summed E-state index contributed by atoms with van der Waals surface area (Å²) < 4.78 is 46.2. The van der Waals surface area contributed by atoms with Crippen molar-refractivity contribution in [1.29, 1.82) is 0 Å². The molecule has 2 aromatic rings. The van der Waals surface area contributed by atoms with Crippen molar-refractivity contribution in [3.8, 4) is 0 Å². The van der Waals surface area contributed by atoms with Crippen molar-refractivity contribution in [2.75, 3.05) is 40.3 Å². The summed E-state index contributed by atoms with van der Waals surface area (Å²) in [5.41, 5.74) is 1.17. The highest BCUT2D eigenvalue weighted by Crippen LogP contribution is 2.40. The summed E-state index contributed by atoms with van der Waals surface area (Å²) >= 11 is 0. The van der Waals surface area contributed by atoms with E-state index < -0.39 is 10.0 Å². The van der Waals surface area contributed by atoms with Gasteiger partial charge in [-0.25, -0.2) is 12.8 Å². The molecule has 1 unspecified atom stereocenters. The fourth-order valence-electron chi connectivity index (χ4n) is 6.09. The highest BCUT2D eigenvalue weighted by molar-refractivity contribution is 7.89. The highest BCUT2D eigenvalue weighted by Gasteiger charge is 2.31. The molecule has 0 bridgehead atoms. The van der Waals surface area contributed by atoms with Crippen LogP contribution in [-0.4, -0.2) is 70.0 Å². The number of ether oxygens (including phenoxy) is 1. The third-order valence-electron chi connectivity index (χ3n) is 8.21. The van der Waals surface area contributed by atoms with E-state index >= 15 is 0 Å². The Hall–Kier alpha value is -2.33. The number of amides is 1. The van der Waals surface area contributed by atoms with Crippen LogP contribution in [0.15, 0.2) is 59.5 Å². The first-order chi connectivity index (χ1) is 18.7. The molecule has 4 rings (SSSR count). The molecule has 1 aliphatic heterocycles. The summed E-state index contributed by atoms with van der Waals surface area (Å²) in [7, 11) is 0.696. The predicted molar refractivity (Wildman–Crippen MR) is 150 cm³/mol. The fraction of sp³-hybridized carbons (Fsp3) is 0.567. The zero-order valence-electron chi connectivity index (χ0n) is 23.1. The van der Waals surface area contributed by atoms with Crippen molar-refractivity contribution in [2.24, 2.45) is 11.8 Å². The van der Waals surface area contributed by atoms with Crippen LogP contribution < -0.4 is 5.32 Å². The number of halogens is 1. The number of carbonyl (C=O) groups is 1. The van der Waals surface area contributed by atoms with Gasteiger partial charge in [0.1, 0.15) is 12.4 Å². The van der Waals surface area contributed by atoms with Gasteiger partial charge in [0, 0.05) is 25.7 Å². The first-order valence-electron chi connectivity index (χ1n) is 14.1. The fourth-order valence-corrected chi connectivity index (χ4v) is 7.58. The van der Waals surface area contributed by atoms with E-state index in [2.05, 4.69) is 24.3 Å². The van der Waals surface area contributed by atoms with Crippen LogP contribution in [0.5, 0.6) is 0 Å². The Morgan fingerprint density at radius 2 is 1.64 bits per heavy atom. The molecule has 1 saturated heterocycles. The number of rotatable bonds is 11. The molecule has 0 spiro atoms. The van der Waals surface area contributed by atoms with Gasteiger partial charge in [-0.3, -0.25) is 4.79 Å². The molecule has 9 heteroatoms. The second-order valence-corrected chi connectivity index (χ2v) is 13.0. The van der Waals surface area contributed by atoms with Crippen LogP contribution in [-0.2, 0) is 19.6 Å². The topological polar surface area (TPSA) is 79.0 Å². The van der Waals surface area contributed by atoms with Crippen LogP contribution >= 0.6 is 0 Å². The van der Waals surface area contributed by atoms with Crippen molar-refractivity contribution < 1.29 is 22.3 Å². The summed E-state index contributed by atoms with van der Waals surface area (Å²) in [6.45, 7) is 1.43. The molecule has 7 nitrogen and oxygen atoms in total. The van der Waals surface area contributed by atoms with Crippen molar-refractivity contribution in [2.45, 2.75) is 62.0 Å². The van der Waals surface area contributed by atoms with Crippen molar-refractivity contribution in [1.82, 2.24) is 14.5 Å². The smallest absolute Gasteiger partial charge is 0.246 e. The second kappa shape index (κ2) is 13.8. The third-order valence-corrected chi connectivity index (χ3v) is 10.1. The summed E-state index contributed by atoms with van der Waals surface area (Å²) in [6, 6.07) is 15.7. The van der Waals surface area contributed by atoms with Crippen molar-refractivity contribution in [3.05, 3.63) is 66.0 Å². The van der Waals surface area contributed by atoms with Crippen LogP contribution in [0, 0.1) is 17.7 Å². The number of nitrogens with one attached hydrogen (secondary N) is 1. The van der Waals surface area contributed by atoms with Gasteiger partial charge in [-0.05, 0) is 87.9 Å². The van der Waals surface area contributed by atoms with Crippen molar-refractivity contribution in [3.63, 3.8) is 0 Å². The van der Waals surface area contributed by atoms with Gasteiger partial charge in [-0.1, -0.05) is 43.2 Å². The molecule has 1 amide bonds. The second-order valence-electron chi connectivity index (χ2n) is 11.1.